The summed E-state index contributed by atoms with van der Waals surface area (Å²) in [7, 11) is 0. The molecule has 3 rings (SSSR count). The number of fused-ring (bicyclic) bond motifs is 1. The smallest absolute Gasteiger partial charge is 0.353 e. The van der Waals surface area contributed by atoms with E-state index in [0.717, 1.165) is 0 Å². The second-order valence-corrected chi connectivity index (χ2v) is 8.28. The average Bonchev–Trinajstić information content (AvgIpc) is 2.65. The van der Waals surface area contributed by atoms with Gasteiger partial charge in [0.1, 0.15) is 28.9 Å². The number of phenols is 1. The maximum atomic E-state index is 12.5. The minimum Gasteiger partial charge on any atom is -0.506 e. The molecule has 0 bridgehead atoms. The number of hydrogen-bond acceptors (Lipinski definition) is 7. The molecule has 1 saturated heterocycles. The molecule has 5 N–H and O–H groups in total. The van der Waals surface area contributed by atoms with Crippen LogP contribution in [0.3, 0.4) is 0 Å². The first-order chi connectivity index (χ1) is 12.8. The third kappa shape index (κ3) is 3.49. The van der Waals surface area contributed by atoms with Gasteiger partial charge in [-0.3, -0.25) is 14.5 Å². The summed E-state index contributed by atoms with van der Waals surface area (Å²) in [4.78, 5) is 38.2. The molecule has 144 valence electrons. The first-order valence-electron chi connectivity index (χ1n) is 7.75. The highest BCUT2D eigenvalue weighted by molar-refractivity contribution is 8.05. The van der Waals surface area contributed by atoms with E-state index in [1.54, 1.807) is 6.26 Å². The Morgan fingerprint density at radius 1 is 1.48 bits per heavy atom. The molecule has 11 heteroatoms. The number of β-lactam (4-membered cyclic amide) rings is 1. The molecule has 0 aliphatic carbocycles. The second kappa shape index (κ2) is 7.63. The van der Waals surface area contributed by atoms with Crippen LogP contribution < -0.4 is 11.1 Å². The molecule has 2 heterocycles. The quantitative estimate of drug-likeness (QED) is 0.511. The van der Waals surface area contributed by atoms with Crippen LogP contribution in [0.15, 0.2) is 28.8 Å². The van der Waals surface area contributed by atoms with Gasteiger partial charge in [-0.25, -0.2) is 4.79 Å². The molecule has 8 nitrogen and oxygen atoms in total. The molecule has 27 heavy (non-hydrogen) atoms. The van der Waals surface area contributed by atoms with Crippen molar-refractivity contribution >= 4 is 52.9 Å². The number of halogens is 1. The molecule has 2 aliphatic rings. The number of hydrogen-bond donors (Lipinski definition) is 4. The second-order valence-electron chi connectivity index (χ2n) is 5.87. The van der Waals surface area contributed by atoms with Gasteiger partial charge in [0.2, 0.25) is 5.91 Å². The number of carbonyl (C=O) groups excluding carboxylic acids is 2. The Morgan fingerprint density at radius 2 is 2.19 bits per heavy atom. The van der Waals surface area contributed by atoms with E-state index in [4.69, 9.17) is 17.3 Å². The lowest BCUT2D eigenvalue weighted by atomic mass is 10.0. The van der Waals surface area contributed by atoms with Crippen LogP contribution in [0, 0.1) is 0 Å². The van der Waals surface area contributed by atoms with Crippen molar-refractivity contribution in [1.29, 1.82) is 0 Å². The maximum Gasteiger partial charge on any atom is 0.353 e. The van der Waals surface area contributed by atoms with Crippen LogP contribution in [-0.2, 0) is 14.4 Å². The highest BCUT2D eigenvalue weighted by Crippen LogP contribution is 2.42. The van der Waals surface area contributed by atoms with Crippen molar-refractivity contribution in [2.75, 3.05) is 12.0 Å². The van der Waals surface area contributed by atoms with Crippen molar-refractivity contribution in [2.45, 2.75) is 17.5 Å². The monoisotopic (exact) mass is 429 g/mol. The first-order valence-corrected chi connectivity index (χ1v) is 10.4. The molecule has 1 fully saturated rings. The lowest BCUT2D eigenvalue weighted by Gasteiger charge is -2.49. The summed E-state index contributed by atoms with van der Waals surface area (Å²) in [5.41, 5.74) is 6.28. The minimum absolute atomic E-state index is 0.0311. The molecular weight excluding hydrogens is 414 g/mol. The Morgan fingerprint density at radius 3 is 2.78 bits per heavy atom. The standard InChI is InChI=1S/C16H16ClN3O5S2/c1-26-9-5-27-15-11(14(23)20(15)12(9)16(24)25)19-13(22)10(18)6-2-3-8(21)7(17)4-6/h2-4,10-11,15,21H,5,18H2,1H3,(H,19,22)(H,24,25)/t10?,11?,15-/m1/s1. The molecule has 0 spiro atoms. The van der Waals surface area contributed by atoms with Crippen LogP contribution >= 0.6 is 35.1 Å². The molecule has 1 aromatic carbocycles. The number of nitrogens with zero attached hydrogens (tertiary/aromatic N) is 1. The number of carbonyl (C=O) groups is 3. The van der Waals surface area contributed by atoms with Crippen molar-refractivity contribution in [3.05, 3.63) is 39.4 Å². The van der Waals surface area contributed by atoms with Crippen molar-refractivity contribution in [3.63, 3.8) is 0 Å². The van der Waals surface area contributed by atoms with Gasteiger partial charge >= 0.3 is 5.97 Å². The molecule has 2 aliphatic heterocycles. The van der Waals surface area contributed by atoms with Crippen molar-refractivity contribution in [1.82, 2.24) is 10.2 Å². The number of benzene rings is 1. The maximum absolute atomic E-state index is 12.5. The van der Waals surface area contributed by atoms with Gasteiger partial charge in [0, 0.05) is 10.7 Å². The summed E-state index contributed by atoms with van der Waals surface area (Å²) in [6, 6.07) is 2.23. The van der Waals surface area contributed by atoms with Gasteiger partial charge in [-0.1, -0.05) is 17.7 Å². The molecule has 2 unspecified atom stereocenters. The van der Waals surface area contributed by atoms with Crippen LogP contribution in [0.4, 0.5) is 0 Å². The summed E-state index contributed by atoms with van der Waals surface area (Å²) < 4.78 is 0. The Balaban J connectivity index is 1.73. The van der Waals surface area contributed by atoms with Crippen molar-refractivity contribution in [2.24, 2.45) is 5.73 Å². The van der Waals surface area contributed by atoms with Crippen LogP contribution in [0.1, 0.15) is 11.6 Å². The lowest BCUT2D eigenvalue weighted by Crippen LogP contribution is -2.71. The Labute approximate surface area is 168 Å². The average molecular weight is 430 g/mol. The summed E-state index contributed by atoms with van der Waals surface area (Å²) in [6.07, 6.45) is 1.75. The number of thioether (sulfide) groups is 2. The van der Waals surface area contributed by atoms with Gasteiger partial charge in [-0.15, -0.1) is 23.5 Å². The number of rotatable bonds is 5. The molecule has 0 saturated carbocycles. The fourth-order valence-electron chi connectivity index (χ4n) is 2.86. The predicted molar refractivity (Wildman–Crippen MR) is 103 cm³/mol. The normalized spacial score (nSPS) is 22.8. The number of nitrogens with one attached hydrogen (secondary N) is 1. The highest BCUT2D eigenvalue weighted by atomic mass is 35.5. The number of aromatic hydroxyl groups is 1. The Hall–Kier alpha value is -1.88. The third-order valence-electron chi connectivity index (χ3n) is 4.29. The highest BCUT2D eigenvalue weighted by Gasteiger charge is 2.54. The van der Waals surface area contributed by atoms with E-state index in [9.17, 15) is 24.6 Å². The van der Waals surface area contributed by atoms with E-state index in [2.05, 4.69) is 5.32 Å². The molecule has 3 atom stereocenters. The van der Waals surface area contributed by atoms with Gasteiger partial charge in [-0.2, -0.15) is 0 Å². The van der Waals surface area contributed by atoms with Crippen LogP contribution in [0.2, 0.25) is 5.02 Å². The number of aliphatic carboxylic acids is 1. The van der Waals surface area contributed by atoms with Crippen molar-refractivity contribution in [3.8, 4) is 5.75 Å². The SMILES string of the molecule is CSC1=C(C(=O)O)N2C(=O)C(NC(=O)C(N)c3ccc(O)c(Cl)c3)[C@H]2SC1. The number of phenolic OH excluding ortho intramolecular Hbond substituents is 1. The van der Waals surface area contributed by atoms with E-state index < -0.39 is 35.2 Å². The van der Waals surface area contributed by atoms with Crippen molar-refractivity contribution < 1.29 is 24.6 Å². The molecule has 1 aromatic rings. The largest absolute Gasteiger partial charge is 0.506 e. The van der Waals surface area contributed by atoms with E-state index in [1.165, 1.54) is 46.6 Å². The Kier molecular flexibility index (Phi) is 5.61. The van der Waals surface area contributed by atoms with Gasteiger partial charge < -0.3 is 21.3 Å². The molecule has 2 amide bonds. The summed E-state index contributed by atoms with van der Waals surface area (Å²) >= 11 is 8.50. The fourth-order valence-corrected chi connectivity index (χ4v) is 5.30. The lowest BCUT2D eigenvalue weighted by molar-refractivity contribution is -0.150. The summed E-state index contributed by atoms with van der Waals surface area (Å²) in [5, 5.41) is 21.0. The zero-order chi connectivity index (χ0) is 19.9. The number of amides is 2. The number of carboxylic acids is 1. The van der Waals surface area contributed by atoms with E-state index in [0.29, 0.717) is 16.2 Å². The summed E-state index contributed by atoms with van der Waals surface area (Å²) in [6.45, 7) is 0. The van der Waals surface area contributed by atoms with Crippen LogP contribution in [0.25, 0.3) is 0 Å². The zero-order valence-corrected chi connectivity index (χ0v) is 16.4. The molecule has 0 aromatic heterocycles. The number of carboxylic acid groups (broad SMARTS) is 1. The van der Waals surface area contributed by atoms with Gasteiger partial charge in [-0.05, 0) is 24.0 Å². The fraction of sp³-hybridized carbons (Fsp3) is 0.312. The molecule has 0 radical (unpaired) electrons. The third-order valence-corrected chi connectivity index (χ3v) is 6.89. The summed E-state index contributed by atoms with van der Waals surface area (Å²) in [5.74, 6) is -1.93. The number of nitrogens with two attached hydrogens (primary N) is 1. The van der Waals surface area contributed by atoms with Crippen LogP contribution in [-0.4, -0.2) is 56.3 Å². The predicted octanol–water partition coefficient (Wildman–Crippen LogP) is 1.10. The van der Waals surface area contributed by atoms with E-state index in [1.807, 2.05) is 0 Å². The minimum atomic E-state index is -1.17. The van der Waals surface area contributed by atoms with Crippen LogP contribution in [0.5, 0.6) is 5.75 Å². The van der Waals surface area contributed by atoms with E-state index >= 15 is 0 Å². The topological polar surface area (TPSA) is 133 Å². The molecular formula is C16H16ClN3O5S2. The first kappa shape index (κ1) is 19.9. The van der Waals surface area contributed by atoms with Gasteiger partial charge in [0.25, 0.3) is 5.91 Å². The Bertz CT molecular complexity index is 862. The van der Waals surface area contributed by atoms with E-state index in [-0.39, 0.29) is 16.5 Å². The van der Waals surface area contributed by atoms with Gasteiger partial charge in [0.05, 0.1) is 5.02 Å². The zero-order valence-electron chi connectivity index (χ0n) is 14.0. The van der Waals surface area contributed by atoms with Gasteiger partial charge in [0.15, 0.2) is 0 Å².